The van der Waals surface area contributed by atoms with E-state index in [0.717, 1.165) is 12.8 Å². The van der Waals surface area contributed by atoms with E-state index in [1.807, 2.05) is 0 Å². The van der Waals surface area contributed by atoms with Crippen molar-refractivity contribution in [3.8, 4) is 0 Å². The lowest BCUT2D eigenvalue weighted by Crippen LogP contribution is -2.26. The van der Waals surface area contributed by atoms with E-state index in [1.165, 1.54) is 0 Å². The predicted octanol–water partition coefficient (Wildman–Crippen LogP) is 1.79. The van der Waals surface area contributed by atoms with Crippen LogP contribution in [0.2, 0.25) is 0 Å². The van der Waals surface area contributed by atoms with Gasteiger partial charge in [0, 0.05) is 12.5 Å². The molecule has 0 aromatic rings. The van der Waals surface area contributed by atoms with Gasteiger partial charge in [0.05, 0.1) is 12.2 Å². The van der Waals surface area contributed by atoms with Gasteiger partial charge in [-0.3, -0.25) is 0 Å². The lowest BCUT2D eigenvalue weighted by atomic mass is 10.2. The minimum absolute atomic E-state index is 0.398. The molecule has 0 heterocycles. The zero-order chi connectivity index (χ0) is 8.74. The molecule has 0 aromatic carbocycles. The molecule has 0 aliphatic rings. The molecule has 0 spiro atoms. The van der Waals surface area contributed by atoms with Crippen LogP contribution in [-0.4, -0.2) is 29.8 Å². The predicted molar refractivity (Wildman–Crippen MR) is 47.1 cm³/mol. The Morgan fingerprint density at radius 2 is 2.00 bits per heavy atom. The average Bonchev–Trinajstić information content (AvgIpc) is 1.85. The van der Waals surface area contributed by atoms with Gasteiger partial charge in [0.25, 0.3) is 0 Å². The third kappa shape index (κ3) is 10.2. The van der Waals surface area contributed by atoms with E-state index in [4.69, 9.17) is 16.3 Å². The van der Waals surface area contributed by atoms with E-state index in [0.29, 0.717) is 19.1 Å². The number of hydrogen-bond acceptors (Lipinski definition) is 2. The highest BCUT2D eigenvalue weighted by atomic mass is 35.5. The summed E-state index contributed by atoms with van der Waals surface area (Å²) in [6, 6.07) is 0. The van der Waals surface area contributed by atoms with E-state index in [-0.39, 0.29) is 0 Å². The van der Waals surface area contributed by atoms with Crippen molar-refractivity contribution >= 4 is 11.6 Å². The maximum atomic E-state index is 9.22. The smallest absolute Gasteiger partial charge is 0.0824 e. The summed E-state index contributed by atoms with van der Waals surface area (Å²) in [6.07, 6.45) is 1.95. The van der Waals surface area contributed by atoms with Crippen LogP contribution in [0.25, 0.3) is 0 Å². The molecule has 2 nitrogen and oxygen atoms in total. The summed E-state index contributed by atoms with van der Waals surface area (Å²) >= 11 is 5.47. The highest BCUT2D eigenvalue weighted by molar-refractivity contribution is 6.17. The summed E-state index contributed by atoms with van der Waals surface area (Å²) in [5, 5.41) is 9.22. The van der Waals surface area contributed by atoms with E-state index >= 15 is 0 Å². The molecule has 0 rings (SSSR count). The highest BCUT2D eigenvalue weighted by Crippen LogP contribution is 2.01. The van der Waals surface area contributed by atoms with Crippen molar-refractivity contribution in [3.63, 3.8) is 0 Å². The molecule has 0 radical (unpaired) electrons. The molecule has 0 aliphatic heterocycles. The van der Waals surface area contributed by atoms with Crippen molar-refractivity contribution in [1.29, 1.82) is 0 Å². The minimum Gasteiger partial charge on any atom is -0.388 e. The van der Waals surface area contributed by atoms with Crippen LogP contribution in [0.5, 0.6) is 0 Å². The topological polar surface area (TPSA) is 29.5 Å². The summed E-state index contributed by atoms with van der Waals surface area (Å²) in [4.78, 5) is 0. The average molecular weight is 181 g/mol. The second-order valence-corrected chi connectivity index (χ2v) is 3.64. The number of halogens is 1. The van der Waals surface area contributed by atoms with Crippen LogP contribution in [0.15, 0.2) is 0 Å². The molecule has 1 N–H and O–H groups in total. The van der Waals surface area contributed by atoms with E-state index in [1.54, 1.807) is 13.8 Å². The Morgan fingerprint density at radius 3 is 2.45 bits per heavy atom. The van der Waals surface area contributed by atoms with E-state index in [9.17, 15) is 5.11 Å². The number of alkyl halides is 1. The molecular weight excluding hydrogens is 164 g/mol. The molecular formula is C8H17ClO2. The van der Waals surface area contributed by atoms with Gasteiger partial charge in [0.15, 0.2) is 0 Å². The fourth-order valence-electron chi connectivity index (χ4n) is 0.621. The van der Waals surface area contributed by atoms with Crippen molar-refractivity contribution in [2.24, 2.45) is 0 Å². The quantitative estimate of drug-likeness (QED) is 0.499. The van der Waals surface area contributed by atoms with Crippen LogP contribution in [0, 0.1) is 0 Å². The molecule has 0 aromatic heterocycles. The molecule has 0 amide bonds. The summed E-state index contributed by atoms with van der Waals surface area (Å²) in [7, 11) is 0. The maximum absolute atomic E-state index is 9.22. The number of unbranched alkanes of at least 4 members (excludes halogenated alkanes) is 1. The third-order valence-electron chi connectivity index (χ3n) is 1.13. The summed E-state index contributed by atoms with van der Waals surface area (Å²) in [6.45, 7) is 4.55. The summed E-state index contributed by atoms with van der Waals surface area (Å²) < 4.78 is 5.19. The second-order valence-electron chi connectivity index (χ2n) is 3.26. The SMILES string of the molecule is CC(C)(O)COCCCCCl. The molecule has 0 aliphatic carbocycles. The molecule has 3 heteroatoms. The number of aliphatic hydroxyl groups is 1. The zero-order valence-electron chi connectivity index (χ0n) is 7.27. The first-order chi connectivity index (χ1) is 5.06. The molecule has 68 valence electrons. The first kappa shape index (κ1) is 11.2. The van der Waals surface area contributed by atoms with Crippen LogP contribution >= 0.6 is 11.6 Å². The third-order valence-corrected chi connectivity index (χ3v) is 1.39. The van der Waals surface area contributed by atoms with Crippen LogP contribution in [0.1, 0.15) is 26.7 Å². The van der Waals surface area contributed by atoms with Gasteiger partial charge in [-0.15, -0.1) is 11.6 Å². The largest absolute Gasteiger partial charge is 0.388 e. The van der Waals surface area contributed by atoms with Crippen molar-refractivity contribution in [2.75, 3.05) is 19.1 Å². The van der Waals surface area contributed by atoms with Gasteiger partial charge in [-0.25, -0.2) is 0 Å². The Hall–Kier alpha value is 0.210. The van der Waals surface area contributed by atoms with Crippen molar-refractivity contribution in [2.45, 2.75) is 32.3 Å². The molecule has 0 saturated heterocycles. The van der Waals surface area contributed by atoms with E-state index in [2.05, 4.69) is 0 Å². The minimum atomic E-state index is -0.707. The lowest BCUT2D eigenvalue weighted by Gasteiger charge is -2.16. The van der Waals surface area contributed by atoms with Crippen LogP contribution in [0.4, 0.5) is 0 Å². The highest BCUT2D eigenvalue weighted by Gasteiger charge is 2.11. The first-order valence-electron chi connectivity index (χ1n) is 3.92. The fourth-order valence-corrected chi connectivity index (χ4v) is 0.810. The van der Waals surface area contributed by atoms with Crippen molar-refractivity contribution in [3.05, 3.63) is 0 Å². The summed E-state index contributed by atoms with van der Waals surface area (Å²) in [5.74, 6) is 0.686. The van der Waals surface area contributed by atoms with Crippen molar-refractivity contribution in [1.82, 2.24) is 0 Å². The summed E-state index contributed by atoms with van der Waals surface area (Å²) in [5.41, 5.74) is -0.707. The number of hydrogen-bond donors (Lipinski definition) is 1. The van der Waals surface area contributed by atoms with Gasteiger partial charge >= 0.3 is 0 Å². The maximum Gasteiger partial charge on any atom is 0.0824 e. The van der Waals surface area contributed by atoms with Crippen molar-refractivity contribution < 1.29 is 9.84 Å². The molecule has 11 heavy (non-hydrogen) atoms. The van der Waals surface area contributed by atoms with Gasteiger partial charge in [0.1, 0.15) is 0 Å². The Kier molecular flexibility index (Phi) is 5.92. The second kappa shape index (κ2) is 5.81. The Morgan fingerprint density at radius 1 is 1.36 bits per heavy atom. The van der Waals surface area contributed by atoms with Gasteiger partial charge in [-0.2, -0.15) is 0 Å². The van der Waals surface area contributed by atoms with Crippen LogP contribution < -0.4 is 0 Å². The Balaban J connectivity index is 3.02. The van der Waals surface area contributed by atoms with E-state index < -0.39 is 5.60 Å². The zero-order valence-corrected chi connectivity index (χ0v) is 8.02. The Bertz CT molecular complexity index is 88.6. The molecule has 0 saturated carbocycles. The normalized spacial score (nSPS) is 12.0. The van der Waals surface area contributed by atoms with Gasteiger partial charge in [-0.05, 0) is 26.7 Å². The van der Waals surface area contributed by atoms with Gasteiger partial charge in [0.2, 0.25) is 0 Å². The number of rotatable bonds is 6. The number of ether oxygens (including phenoxy) is 1. The van der Waals surface area contributed by atoms with Crippen LogP contribution in [-0.2, 0) is 4.74 Å². The molecule has 0 atom stereocenters. The van der Waals surface area contributed by atoms with Gasteiger partial charge < -0.3 is 9.84 Å². The van der Waals surface area contributed by atoms with Crippen LogP contribution in [0.3, 0.4) is 0 Å². The molecule has 0 unspecified atom stereocenters. The first-order valence-corrected chi connectivity index (χ1v) is 4.46. The Labute approximate surface area is 73.5 Å². The molecule has 0 bridgehead atoms. The molecule has 0 fully saturated rings. The fraction of sp³-hybridized carbons (Fsp3) is 1.00. The monoisotopic (exact) mass is 180 g/mol. The van der Waals surface area contributed by atoms with Gasteiger partial charge in [-0.1, -0.05) is 0 Å². The lowest BCUT2D eigenvalue weighted by molar-refractivity contribution is -0.0213. The standard InChI is InChI=1S/C8H17ClO2/c1-8(2,10)7-11-6-4-3-5-9/h10H,3-7H2,1-2H3.